The molecule has 3 rings (SSSR count). The minimum atomic E-state index is 0.343. The Balaban J connectivity index is 1.47. The maximum atomic E-state index is 12.3. The first-order valence-corrected chi connectivity index (χ1v) is 10.1. The second-order valence-corrected chi connectivity index (χ2v) is 7.94. The Bertz CT molecular complexity index is 701. The standard InChI is InChI=1S/C22H31N3O/c1-17(2)11-15-21-23-24-22(25(21)19-12-13-19)16-14-20(26)10-6-9-18-7-4-3-5-8-18/h3-5,7-8,17,19H,6,9-16H2,1-2H3. The van der Waals surface area contributed by atoms with Crippen LogP contribution >= 0.6 is 0 Å². The van der Waals surface area contributed by atoms with Gasteiger partial charge in [0.05, 0.1) is 0 Å². The summed E-state index contributed by atoms with van der Waals surface area (Å²) in [7, 11) is 0. The number of carbonyl (C=O) groups is 1. The molecular weight excluding hydrogens is 322 g/mol. The smallest absolute Gasteiger partial charge is 0.133 e. The third-order valence-electron chi connectivity index (χ3n) is 5.09. The highest BCUT2D eigenvalue weighted by Crippen LogP contribution is 2.37. The molecule has 1 aliphatic rings. The van der Waals surface area contributed by atoms with Crippen molar-refractivity contribution in [3.63, 3.8) is 0 Å². The van der Waals surface area contributed by atoms with Gasteiger partial charge in [0, 0.05) is 31.7 Å². The molecule has 0 radical (unpaired) electrons. The van der Waals surface area contributed by atoms with Crippen molar-refractivity contribution in [3.8, 4) is 0 Å². The van der Waals surface area contributed by atoms with Crippen molar-refractivity contribution in [2.45, 2.75) is 77.7 Å². The fourth-order valence-corrected chi connectivity index (χ4v) is 3.38. The highest BCUT2D eigenvalue weighted by atomic mass is 16.1. The Morgan fingerprint density at radius 1 is 1.04 bits per heavy atom. The molecule has 0 atom stereocenters. The summed E-state index contributed by atoms with van der Waals surface area (Å²) in [6.45, 7) is 4.49. The molecule has 1 aromatic carbocycles. The predicted molar refractivity (Wildman–Crippen MR) is 104 cm³/mol. The molecule has 140 valence electrons. The first kappa shape index (κ1) is 18.8. The second kappa shape index (κ2) is 9.11. The van der Waals surface area contributed by atoms with Crippen LogP contribution in [0.15, 0.2) is 30.3 Å². The van der Waals surface area contributed by atoms with Gasteiger partial charge in [-0.1, -0.05) is 44.2 Å². The lowest BCUT2D eigenvalue weighted by Crippen LogP contribution is -2.09. The quantitative estimate of drug-likeness (QED) is 0.587. The molecule has 0 aliphatic heterocycles. The first-order chi connectivity index (χ1) is 12.6. The number of rotatable bonds is 11. The molecule has 4 heteroatoms. The van der Waals surface area contributed by atoms with Crippen LogP contribution in [0.5, 0.6) is 0 Å². The monoisotopic (exact) mass is 353 g/mol. The minimum Gasteiger partial charge on any atom is -0.312 e. The molecule has 4 nitrogen and oxygen atoms in total. The molecule has 1 heterocycles. The van der Waals surface area contributed by atoms with Crippen LogP contribution in [-0.2, 0) is 24.1 Å². The van der Waals surface area contributed by atoms with E-state index in [1.54, 1.807) is 0 Å². The van der Waals surface area contributed by atoms with Gasteiger partial charge in [-0.2, -0.15) is 0 Å². The van der Waals surface area contributed by atoms with Crippen molar-refractivity contribution in [1.29, 1.82) is 0 Å². The first-order valence-electron chi connectivity index (χ1n) is 10.1. The molecule has 2 aromatic rings. The molecule has 1 aliphatic carbocycles. The van der Waals surface area contributed by atoms with Crippen LogP contribution in [-0.4, -0.2) is 20.5 Å². The van der Waals surface area contributed by atoms with Gasteiger partial charge in [-0.3, -0.25) is 4.79 Å². The number of Topliss-reactive ketones (excluding diaryl/α,β-unsaturated/α-hetero) is 1. The molecule has 1 aromatic heterocycles. The van der Waals surface area contributed by atoms with Gasteiger partial charge in [-0.05, 0) is 43.6 Å². The lowest BCUT2D eigenvalue weighted by atomic mass is 10.0. The maximum absolute atomic E-state index is 12.3. The third kappa shape index (κ3) is 5.52. The van der Waals surface area contributed by atoms with E-state index in [0.717, 1.165) is 43.8 Å². The van der Waals surface area contributed by atoms with Crippen LogP contribution in [0, 0.1) is 5.92 Å². The van der Waals surface area contributed by atoms with Crippen LogP contribution in [0.25, 0.3) is 0 Å². The fourth-order valence-electron chi connectivity index (χ4n) is 3.38. The zero-order valence-electron chi connectivity index (χ0n) is 16.2. The topological polar surface area (TPSA) is 47.8 Å². The summed E-state index contributed by atoms with van der Waals surface area (Å²) >= 11 is 0. The van der Waals surface area contributed by atoms with Crippen LogP contribution < -0.4 is 0 Å². The molecule has 0 N–H and O–H groups in total. The lowest BCUT2D eigenvalue weighted by Gasteiger charge is -2.10. The van der Waals surface area contributed by atoms with E-state index in [1.807, 2.05) is 6.07 Å². The van der Waals surface area contributed by atoms with E-state index in [0.29, 0.717) is 30.6 Å². The number of aromatic nitrogens is 3. The highest BCUT2D eigenvalue weighted by molar-refractivity contribution is 5.78. The second-order valence-electron chi connectivity index (χ2n) is 7.94. The van der Waals surface area contributed by atoms with Gasteiger partial charge in [0.2, 0.25) is 0 Å². The summed E-state index contributed by atoms with van der Waals surface area (Å²) in [4.78, 5) is 12.3. The van der Waals surface area contributed by atoms with Crippen molar-refractivity contribution in [2.24, 2.45) is 5.92 Å². The zero-order valence-corrected chi connectivity index (χ0v) is 16.2. The average molecular weight is 354 g/mol. The van der Waals surface area contributed by atoms with Gasteiger partial charge in [-0.15, -0.1) is 10.2 Å². The van der Waals surface area contributed by atoms with E-state index in [-0.39, 0.29) is 0 Å². The van der Waals surface area contributed by atoms with E-state index in [2.05, 4.69) is 52.9 Å². The van der Waals surface area contributed by atoms with E-state index < -0.39 is 0 Å². The molecular formula is C22H31N3O. The number of carbonyl (C=O) groups excluding carboxylic acids is 1. The summed E-state index contributed by atoms with van der Waals surface area (Å²) in [5.41, 5.74) is 1.31. The van der Waals surface area contributed by atoms with Crippen LogP contribution in [0.1, 0.15) is 75.6 Å². The largest absolute Gasteiger partial charge is 0.312 e. The number of aryl methyl sites for hydroxylation is 3. The molecule has 26 heavy (non-hydrogen) atoms. The number of hydrogen-bond donors (Lipinski definition) is 0. The van der Waals surface area contributed by atoms with Gasteiger partial charge in [0.25, 0.3) is 0 Å². The molecule has 0 bridgehead atoms. The maximum Gasteiger partial charge on any atom is 0.133 e. The van der Waals surface area contributed by atoms with Crippen molar-refractivity contribution >= 4 is 5.78 Å². The van der Waals surface area contributed by atoms with E-state index in [9.17, 15) is 4.79 Å². The van der Waals surface area contributed by atoms with E-state index >= 15 is 0 Å². The molecule has 0 spiro atoms. The summed E-state index contributed by atoms with van der Waals surface area (Å²) in [6.07, 6.45) is 8.47. The molecule has 1 saturated carbocycles. The third-order valence-corrected chi connectivity index (χ3v) is 5.09. The zero-order chi connectivity index (χ0) is 18.4. The summed E-state index contributed by atoms with van der Waals surface area (Å²) in [5, 5.41) is 8.85. The van der Waals surface area contributed by atoms with Crippen molar-refractivity contribution in [1.82, 2.24) is 14.8 Å². The average Bonchev–Trinajstić information content (AvgIpc) is 3.39. The Morgan fingerprint density at radius 3 is 2.38 bits per heavy atom. The van der Waals surface area contributed by atoms with Crippen LogP contribution in [0.4, 0.5) is 0 Å². The molecule has 0 saturated heterocycles. The fraction of sp³-hybridized carbons (Fsp3) is 0.591. The lowest BCUT2D eigenvalue weighted by molar-refractivity contribution is -0.119. The van der Waals surface area contributed by atoms with Gasteiger partial charge in [0.1, 0.15) is 17.4 Å². The molecule has 0 unspecified atom stereocenters. The van der Waals surface area contributed by atoms with E-state index in [4.69, 9.17) is 0 Å². The van der Waals surface area contributed by atoms with E-state index in [1.165, 1.54) is 18.4 Å². The Morgan fingerprint density at radius 2 is 1.73 bits per heavy atom. The number of ketones is 1. The highest BCUT2D eigenvalue weighted by Gasteiger charge is 2.29. The molecule has 0 amide bonds. The number of benzene rings is 1. The van der Waals surface area contributed by atoms with Gasteiger partial charge < -0.3 is 4.57 Å². The van der Waals surface area contributed by atoms with Crippen molar-refractivity contribution in [3.05, 3.63) is 47.5 Å². The normalized spacial score (nSPS) is 14.1. The summed E-state index contributed by atoms with van der Waals surface area (Å²) in [6, 6.07) is 11.0. The minimum absolute atomic E-state index is 0.343. The van der Waals surface area contributed by atoms with Crippen molar-refractivity contribution in [2.75, 3.05) is 0 Å². The Hall–Kier alpha value is -1.97. The van der Waals surface area contributed by atoms with Gasteiger partial charge >= 0.3 is 0 Å². The molecule has 1 fully saturated rings. The predicted octanol–water partition coefficient (Wildman–Crippen LogP) is 4.73. The van der Waals surface area contributed by atoms with Crippen LogP contribution in [0.2, 0.25) is 0 Å². The number of nitrogens with zero attached hydrogens (tertiary/aromatic N) is 3. The van der Waals surface area contributed by atoms with Crippen molar-refractivity contribution < 1.29 is 4.79 Å². The Labute approximate surface area is 157 Å². The Kier molecular flexibility index (Phi) is 6.59. The number of hydrogen-bond acceptors (Lipinski definition) is 3. The SMILES string of the molecule is CC(C)CCc1nnc(CCC(=O)CCCc2ccccc2)n1C1CC1. The van der Waals surface area contributed by atoms with Crippen LogP contribution in [0.3, 0.4) is 0 Å². The van der Waals surface area contributed by atoms with Gasteiger partial charge in [-0.25, -0.2) is 0 Å². The van der Waals surface area contributed by atoms with Gasteiger partial charge in [0.15, 0.2) is 0 Å². The summed E-state index contributed by atoms with van der Waals surface area (Å²) < 4.78 is 2.33. The summed E-state index contributed by atoms with van der Waals surface area (Å²) in [5.74, 6) is 3.15.